The van der Waals surface area contributed by atoms with Crippen molar-refractivity contribution in [3.8, 4) is 0 Å². The molecule has 0 aromatic heterocycles. The molecule has 0 atom stereocenters. The fourth-order valence-electron chi connectivity index (χ4n) is 0.674. The van der Waals surface area contributed by atoms with Gasteiger partial charge in [-0.05, 0) is 7.05 Å². The van der Waals surface area contributed by atoms with Crippen molar-refractivity contribution in [3.63, 3.8) is 0 Å². The highest BCUT2D eigenvalue weighted by Crippen LogP contribution is 1.87. The average Bonchev–Trinajstić information content (AvgIpc) is 2.00. The molecule has 0 aromatic rings. The number of likely N-dealkylation sites (N-methyl/N-ethyl adjacent to an activating group) is 2. The molecule has 0 saturated carbocycles. The number of amides is 1. The van der Waals surface area contributed by atoms with E-state index in [1.807, 2.05) is 0 Å². The van der Waals surface area contributed by atoms with Gasteiger partial charge in [-0.15, -0.1) is 0 Å². The van der Waals surface area contributed by atoms with Crippen molar-refractivity contribution in [1.82, 2.24) is 10.2 Å². The minimum absolute atomic E-state index is 0.00798. The van der Waals surface area contributed by atoms with Crippen molar-refractivity contribution in [2.45, 2.75) is 6.42 Å². The summed E-state index contributed by atoms with van der Waals surface area (Å²) in [6, 6.07) is 0. The predicted molar refractivity (Wildman–Crippen MR) is 43.8 cm³/mol. The van der Waals surface area contributed by atoms with Crippen molar-refractivity contribution in [1.29, 1.82) is 0 Å². The SMILES string of the molecule is CNCC(=O)N(C)CCC(=O)O. The Hall–Kier alpha value is -1.10. The highest BCUT2D eigenvalue weighted by molar-refractivity contribution is 5.78. The van der Waals surface area contributed by atoms with Gasteiger partial charge in [0.05, 0.1) is 13.0 Å². The Balaban J connectivity index is 3.63. The molecule has 12 heavy (non-hydrogen) atoms. The van der Waals surface area contributed by atoms with Crippen LogP contribution in [0.4, 0.5) is 0 Å². The number of carboxylic acid groups (broad SMARTS) is 1. The van der Waals surface area contributed by atoms with Crippen molar-refractivity contribution in [2.75, 3.05) is 27.2 Å². The van der Waals surface area contributed by atoms with Gasteiger partial charge in [-0.3, -0.25) is 9.59 Å². The third-order valence-electron chi connectivity index (χ3n) is 1.41. The summed E-state index contributed by atoms with van der Waals surface area (Å²) >= 11 is 0. The summed E-state index contributed by atoms with van der Waals surface area (Å²) in [7, 11) is 3.26. The van der Waals surface area contributed by atoms with E-state index in [2.05, 4.69) is 5.32 Å². The molecule has 0 aliphatic carbocycles. The van der Waals surface area contributed by atoms with Crippen LogP contribution in [0, 0.1) is 0 Å². The van der Waals surface area contributed by atoms with Crippen LogP contribution in [0.15, 0.2) is 0 Å². The zero-order valence-corrected chi connectivity index (χ0v) is 7.33. The number of aliphatic carboxylic acids is 1. The van der Waals surface area contributed by atoms with Crippen LogP contribution in [0.3, 0.4) is 0 Å². The van der Waals surface area contributed by atoms with Crippen molar-refractivity contribution in [2.24, 2.45) is 0 Å². The molecule has 1 amide bonds. The smallest absolute Gasteiger partial charge is 0.305 e. The highest BCUT2D eigenvalue weighted by Gasteiger charge is 2.08. The van der Waals surface area contributed by atoms with E-state index in [-0.39, 0.29) is 25.4 Å². The standard InChI is InChI=1S/C7H14N2O3/c1-8-5-6(10)9(2)4-3-7(11)12/h8H,3-5H2,1-2H3,(H,11,12). The van der Waals surface area contributed by atoms with E-state index in [0.29, 0.717) is 0 Å². The number of carboxylic acids is 1. The first-order valence-corrected chi connectivity index (χ1v) is 3.68. The second-order valence-corrected chi connectivity index (χ2v) is 2.49. The Labute approximate surface area is 71.4 Å². The normalized spacial score (nSPS) is 9.50. The summed E-state index contributed by atoms with van der Waals surface area (Å²) in [4.78, 5) is 22.6. The van der Waals surface area contributed by atoms with E-state index in [1.54, 1.807) is 14.1 Å². The van der Waals surface area contributed by atoms with Crippen LogP contribution in [-0.4, -0.2) is 49.1 Å². The third-order valence-corrected chi connectivity index (χ3v) is 1.41. The topological polar surface area (TPSA) is 69.6 Å². The van der Waals surface area contributed by atoms with Crippen molar-refractivity contribution in [3.05, 3.63) is 0 Å². The summed E-state index contributed by atoms with van der Waals surface area (Å²) in [6.45, 7) is 0.506. The first kappa shape index (κ1) is 10.9. The second kappa shape index (κ2) is 5.54. The van der Waals surface area contributed by atoms with Gasteiger partial charge in [0.1, 0.15) is 0 Å². The van der Waals surface area contributed by atoms with Gasteiger partial charge in [0.15, 0.2) is 0 Å². The van der Waals surface area contributed by atoms with Gasteiger partial charge in [-0.1, -0.05) is 0 Å². The van der Waals surface area contributed by atoms with E-state index in [4.69, 9.17) is 5.11 Å². The van der Waals surface area contributed by atoms with Gasteiger partial charge in [0.2, 0.25) is 5.91 Å². The molecule has 0 aliphatic rings. The molecular weight excluding hydrogens is 160 g/mol. The maximum Gasteiger partial charge on any atom is 0.305 e. The number of hydrogen-bond acceptors (Lipinski definition) is 3. The summed E-state index contributed by atoms with van der Waals surface area (Å²) in [6.07, 6.45) is -0.00798. The van der Waals surface area contributed by atoms with Crippen LogP contribution >= 0.6 is 0 Å². The molecule has 5 nitrogen and oxygen atoms in total. The van der Waals surface area contributed by atoms with Crippen LogP contribution < -0.4 is 5.32 Å². The van der Waals surface area contributed by atoms with Gasteiger partial charge in [0, 0.05) is 13.6 Å². The molecule has 70 valence electrons. The molecule has 0 spiro atoms. The van der Waals surface area contributed by atoms with E-state index >= 15 is 0 Å². The highest BCUT2D eigenvalue weighted by atomic mass is 16.4. The molecule has 0 aliphatic heterocycles. The molecule has 0 aromatic carbocycles. The Kier molecular flexibility index (Phi) is 5.03. The first-order valence-electron chi connectivity index (χ1n) is 3.68. The summed E-state index contributed by atoms with van der Waals surface area (Å²) < 4.78 is 0. The van der Waals surface area contributed by atoms with E-state index in [0.717, 1.165) is 0 Å². The van der Waals surface area contributed by atoms with Crippen LogP contribution in [0.2, 0.25) is 0 Å². The monoisotopic (exact) mass is 174 g/mol. The minimum atomic E-state index is -0.890. The lowest BCUT2D eigenvalue weighted by molar-refractivity contribution is -0.138. The van der Waals surface area contributed by atoms with E-state index < -0.39 is 5.97 Å². The van der Waals surface area contributed by atoms with Gasteiger partial charge in [-0.25, -0.2) is 0 Å². The Bertz CT molecular complexity index is 170. The Morgan fingerprint density at radius 3 is 2.50 bits per heavy atom. The van der Waals surface area contributed by atoms with Gasteiger partial charge in [0.25, 0.3) is 0 Å². The molecule has 0 fully saturated rings. The molecular formula is C7H14N2O3. The number of hydrogen-bond donors (Lipinski definition) is 2. The maximum atomic E-state index is 11.0. The first-order chi connectivity index (χ1) is 5.57. The molecule has 5 heteroatoms. The zero-order valence-electron chi connectivity index (χ0n) is 7.33. The third kappa shape index (κ3) is 4.68. The van der Waals surface area contributed by atoms with Gasteiger partial charge in [-0.2, -0.15) is 0 Å². The largest absolute Gasteiger partial charge is 0.481 e. The number of carbonyl (C=O) groups is 2. The summed E-state index contributed by atoms with van der Waals surface area (Å²) in [5, 5.41) is 11.0. The second-order valence-electron chi connectivity index (χ2n) is 2.49. The van der Waals surface area contributed by atoms with Crippen LogP contribution in [-0.2, 0) is 9.59 Å². The molecule has 0 unspecified atom stereocenters. The van der Waals surface area contributed by atoms with Crippen LogP contribution in [0.1, 0.15) is 6.42 Å². The average molecular weight is 174 g/mol. The quantitative estimate of drug-likeness (QED) is 0.569. The number of nitrogens with one attached hydrogen (secondary N) is 1. The predicted octanol–water partition coefficient (Wildman–Crippen LogP) is -0.861. The fraction of sp³-hybridized carbons (Fsp3) is 0.714. The molecule has 0 rings (SSSR count). The lowest BCUT2D eigenvalue weighted by Crippen LogP contribution is -2.35. The van der Waals surface area contributed by atoms with E-state index in [1.165, 1.54) is 4.90 Å². The number of rotatable bonds is 5. The maximum absolute atomic E-state index is 11.0. The fourth-order valence-corrected chi connectivity index (χ4v) is 0.674. The summed E-state index contributed by atoms with van der Waals surface area (Å²) in [5.41, 5.74) is 0. The van der Waals surface area contributed by atoms with E-state index in [9.17, 15) is 9.59 Å². The van der Waals surface area contributed by atoms with Crippen LogP contribution in [0.5, 0.6) is 0 Å². The number of nitrogens with zero attached hydrogens (tertiary/aromatic N) is 1. The van der Waals surface area contributed by atoms with Crippen LogP contribution in [0.25, 0.3) is 0 Å². The van der Waals surface area contributed by atoms with Crippen molar-refractivity contribution < 1.29 is 14.7 Å². The molecule has 0 bridgehead atoms. The zero-order chi connectivity index (χ0) is 9.56. The Morgan fingerprint density at radius 2 is 2.08 bits per heavy atom. The molecule has 0 radical (unpaired) electrons. The minimum Gasteiger partial charge on any atom is -0.481 e. The summed E-state index contributed by atoms with van der Waals surface area (Å²) in [5.74, 6) is -0.988. The lowest BCUT2D eigenvalue weighted by Gasteiger charge is -2.15. The van der Waals surface area contributed by atoms with Gasteiger partial charge >= 0.3 is 5.97 Å². The number of carbonyl (C=O) groups excluding carboxylic acids is 1. The van der Waals surface area contributed by atoms with Crippen molar-refractivity contribution >= 4 is 11.9 Å². The Morgan fingerprint density at radius 1 is 1.50 bits per heavy atom. The van der Waals surface area contributed by atoms with Gasteiger partial charge < -0.3 is 15.3 Å². The lowest BCUT2D eigenvalue weighted by atomic mass is 10.4. The molecule has 2 N–H and O–H groups in total. The molecule has 0 heterocycles. The molecule has 0 saturated heterocycles.